The molecule has 0 radical (unpaired) electrons. The molecule has 6 heteroatoms. The summed E-state index contributed by atoms with van der Waals surface area (Å²) in [7, 11) is 1.10. The summed E-state index contributed by atoms with van der Waals surface area (Å²) in [5.41, 5.74) is 0.633. The summed E-state index contributed by atoms with van der Waals surface area (Å²) in [4.78, 5) is 0. The Balaban J connectivity index is 2.02. The van der Waals surface area contributed by atoms with Gasteiger partial charge in [-0.3, -0.25) is 0 Å². The van der Waals surface area contributed by atoms with Crippen molar-refractivity contribution in [1.29, 1.82) is 0 Å². The van der Waals surface area contributed by atoms with Gasteiger partial charge < -0.3 is 9.31 Å². The van der Waals surface area contributed by atoms with E-state index in [-0.39, 0.29) is 5.95 Å². The van der Waals surface area contributed by atoms with E-state index in [2.05, 4.69) is 5.10 Å². The summed E-state index contributed by atoms with van der Waals surface area (Å²) in [6, 6.07) is 5.41. The molecule has 1 saturated heterocycles. The lowest BCUT2D eigenvalue weighted by Gasteiger charge is -2.32. The second-order valence-electron chi connectivity index (χ2n) is 6.28. The summed E-state index contributed by atoms with van der Waals surface area (Å²) >= 11 is 0. The van der Waals surface area contributed by atoms with Crippen molar-refractivity contribution in [3.8, 4) is 0 Å². The van der Waals surface area contributed by atoms with Crippen molar-refractivity contribution in [3.63, 3.8) is 0 Å². The van der Waals surface area contributed by atoms with Gasteiger partial charge in [-0.15, -0.1) is 0 Å². The predicted octanol–water partition coefficient (Wildman–Crippen LogP) is 2.01. The highest BCUT2D eigenvalue weighted by Crippen LogP contribution is 2.36. The van der Waals surface area contributed by atoms with Crippen LogP contribution in [0, 0.1) is 5.95 Å². The molecule has 1 aliphatic heterocycles. The highest BCUT2D eigenvalue weighted by Gasteiger charge is 2.51. The zero-order chi connectivity index (χ0) is 14.7. The van der Waals surface area contributed by atoms with Crippen molar-refractivity contribution in [2.24, 2.45) is 7.05 Å². The van der Waals surface area contributed by atoms with Gasteiger partial charge in [0, 0.05) is 7.05 Å². The molecule has 0 N–H and O–H groups in total. The molecule has 1 aliphatic rings. The zero-order valence-corrected chi connectivity index (χ0v) is 12.4. The van der Waals surface area contributed by atoms with Gasteiger partial charge in [0.05, 0.1) is 22.1 Å². The largest absolute Gasteiger partial charge is 0.494 e. The van der Waals surface area contributed by atoms with Crippen molar-refractivity contribution in [3.05, 3.63) is 24.1 Å². The van der Waals surface area contributed by atoms with E-state index >= 15 is 0 Å². The third-order valence-corrected chi connectivity index (χ3v) is 4.31. The van der Waals surface area contributed by atoms with Crippen LogP contribution in [0.25, 0.3) is 10.9 Å². The molecular weight excluding hydrogens is 258 g/mol. The Kier molecular flexibility index (Phi) is 2.75. The lowest BCUT2D eigenvalue weighted by Crippen LogP contribution is -2.41. The maximum absolute atomic E-state index is 13.9. The predicted molar refractivity (Wildman–Crippen MR) is 76.4 cm³/mol. The van der Waals surface area contributed by atoms with Crippen LogP contribution in [0.2, 0.25) is 0 Å². The summed E-state index contributed by atoms with van der Waals surface area (Å²) in [5.74, 6) is -0.349. The van der Waals surface area contributed by atoms with Crippen LogP contribution in [0.1, 0.15) is 27.7 Å². The fraction of sp³-hybridized carbons (Fsp3) is 0.500. The van der Waals surface area contributed by atoms with E-state index < -0.39 is 18.3 Å². The quantitative estimate of drug-likeness (QED) is 0.747. The maximum atomic E-state index is 13.9. The standard InChI is InChI=1S/C14H18BFN2O2/c1-13(2)14(3,4)20-15(19-13)9-6-7-11-10(8-9)12(16)18(5)17-11/h6-8H,1-5H3. The van der Waals surface area contributed by atoms with Gasteiger partial charge in [0.25, 0.3) is 0 Å². The van der Waals surface area contributed by atoms with Gasteiger partial charge in [0.15, 0.2) is 0 Å². The van der Waals surface area contributed by atoms with E-state index in [0.717, 1.165) is 5.46 Å². The van der Waals surface area contributed by atoms with E-state index in [9.17, 15) is 4.39 Å². The Morgan fingerprint density at radius 3 is 2.35 bits per heavy atom. The number of fused-ring (bicyclic) bond motifs is 1. The van der Waals surface area contributed by atoms with Crippen LogP contribution in [0.4, 0.5) is 4.39 Å². The van der Waals surface area contributed by atoms with Crippen LogP contribution < -0.4 is 5.46 Å². The molecule has 0 spiro atoms. The Bertz CT molecular complexity index is 665. The molecule has 0 unspecified atom stereocenters. The smallest absolute Gasteiger partial charge is 0.399 e. The summed E-state index contributed by atoms with van der Waals surface area (Å²) in [5, 5.41) is 4.58. The first-order valence-electron chi connectivity index (χ1n) is 6.69. The summed E-state index contributed by atoms with van der Waals surface area (Å²) < 4.78 is 27.1. The average molecular weight is 276 g/mol. The van der Waals surface area contributed by atoms with Gasteiger partial charge in [-0.05, 0) is 45.3 Å². The average Bonchev–Trinajstić information content (AvgIpc) is 2.74. The highest BCUT2D eigenvalue weighted by molar-refractivity contribution is 6.62. The van der Waals surface area contributed by atoms with Crippen LogP contribution >= 0.6 is 0 Å². The molecule has 0 atom stereocenters. The van der Waals surface area contributed by atoms with Crippen molar-refractivity contribution in [2.45, 2.75) is 38.9 Å². The first kappa shape index (κ1) is 13.6. The Morgan fingerprint density at radius 1 is 1.15 bits per heavy atom. The molecule has 1 fully saturated rings. The van der Waals surface area contributed by atoms with Gasteiger partial charge >= 0.3 is 7.12 Å². The lowest BCUT2D eigenvalue weighted by molar-refractivity contribution is 0.00578. The van der Waals surface area contributed by atoms with Gasteiger partial charge in [0.1, 0.15) is 0 Å². The van der Waals surface area contributed by atoms with E-state index in [4.69, 9.17) is 9.31 Å². The Labute approximate surface area is 118 Å². The second-order valence-corrected chi connectivity index (χ2v) is 6.28. The molecule has 2 heterocycles. The second kappa shape index (κ2) is 4.05. The Morgan fingerprint density at radius 2 is 1.75 bits per heavy atom. The molecule has 20 heavy (non-hydrogen) atoms. The molecule has 106 valence electrons. The lowest BCUT2D eigenvalue weighted by atomic mass is 9.79. The van der Waals surface area contributed by atoms with Crippen molar-refractivity contribution in [1.82, 2.24) is 9.78 Å². The normalized spacial score (nSPS) is 20.8. The van der Waals surface area contributed by atoms with Crippen LogP contribution in [0.5, 0.6) is 0 Å². The topological polar surface area (TPSA) is 36.3 Å². The minimum atomic E-state index is -0.482. The molecular formula is C14H18BFN2O2. The fourth-order valence-corrected chi connectivity index (χ4v) is 2.31. The maximum Gasteiger partial charge on any atom is 0.494 e. The number of rotatable bonds is 1. The van der Waals surface area contributed by atoms with E-state index in [0.29, 0.717) is 10.9 Å². The minimum Gasteiger partial charge on any atom is -0.399 e. The van der Waals surface area contributed by atoms with Crippen LogP contribution in [-0.2, 0) is 16.4 Å². The molecule has 2 aromatic rings. The minimum absolute atomic E-state index is 0.349. The van der Waals surface area contributed by atoms with Crippen molar-refractivity contribution < 1.29 is 13.7 Å². The first-order valence-corrected chi connectivity index (χ1v) is 6.69. The SMILES string of the molecule is Cn1nc2ccc(B3OC(C)(C)C(C)(C)O3)cc2c1F. The van der Waals surface area contributed by atoms with Crippen molar-refractivity contribution >= 4 is 23.5 Å². The number of nitrogens with zero attached hydrogens (tertiary/aromatic N) is 2. The number of aromatic nitrogens is 2. The van der Waals surface area contributed by atoms with Gasteiger partial charge in [-0.2, -0.15) is 9.49 Å². The monoisotopic (exact) mass is 276 g/mol. The summed E-state index contributed by atoms with van der Waals surface area (Å²) in [6.07, 6.45) is 0. The van der Waals surface area contributed by atoms with Crippen LogP contribution in [-0.4, -0.2) is 28.1 Å². The third-order valence-electron chi connectivity index (χ3n) is 4.31. The molecule has 0 bridgehead atoms. The van der Waals surface area contributed by atoms with E-state index in [1.54, 1.807) is 19.2 Å². The number of benzene rings is 1. The Hall–Kier alpha value is -1.40. The number of aryl methyl sites for hydroxylation is 1. The van der Waals surface area contributed by atoms with E-state index in [1.165, 1.54) is 4.68 Å². The van der Waals surface area contributed by atoms with Gasteiger partial charge in [0.2, 0.25) is 5.95 Å². The molecule has 4 nitrogen and oxygen atoms in total. The van der Waals surface area contributed by atoms with Crippen LogP contribution in [0.15, 0.2) is 18.2 Å². The first-order chi connectivity index (χ1) is 9.21. The van der Waals surface area contributed by atoms with Crippen molar-refractivity contribution in [2.75, 3.05) is 0 Å². The van der Waals surface area contributed by atoms with Crippen LogP contribution in [0.3, 0.4) is 0 Å². The number of hydrogen-bond donors (Lipinski definition) is 0. The third kappa shape index (κ3) is 1.86. The molecule has 1 aromatic carbocycles. The van der Waals surface area contributed by atoms with Gasteiger partial charge in [-0.1, -0.05) is 6.07 Å². The van der Waals surface area contributed by atoms with Gasteiger partial charge in [-0.25, -0.2) is 4.68 Å². The molecule has 0 aliphatic carbocycles. The molecule has 0 saturated carbocycles. The molecule has 3 rings (SSSR count). The number of hydrogen-bond acceptors (Lipinski definition) is 3. The summed E-state index contributed by atoms with van der Waals surface area (Å²) in [6.45, 7) is 7.98. The zero-order valence-electron chi connectivity index (χ0n) is 12.4. The van der Waals surface area contributed by atoms with E-state index in [1.807, 2.05) is 33.8 Å². The highest BCUT2D eigenvalue weighted by atomic mass is 19.1. The fourth-order valence-electron chi connectivity index (χ4n) is 2.31. The number of halogens is 1. The molecule has 1 aromatic heterocycles. The molecule has 0 amide bonds.